The van der Waals surface area contributed by atoms with Gasteiger partial charge in [-0.1, -0.05) is 13.8 Å². The lowest BCUT2D eigenvalue weighted by Crippen LogP contribution is -2.25. The normalized spacial score (nSPS) is 10.6. The largest absolute Gasteiger partial charge is 0.300 e. The molecular weight excluding hydrogens is 166 g/mol. The second-order valence-corrected chi connectivity index (χ2v) is 3.84. The molecule has 0 spiro atoms. The first-order valence-electron chi connectivity index (χ1n) is 4.30. The standard InChI is InChI=1S/C10H15NO2/c1-8(12)7-9(13)10(2,3)5-4-6-11/h4-5,7H2,1-3H3. The van der Waals surface area contributed by atoms with Gasteiger partial charge in [0.15, 0.2) is 0 Å². The Morgan fingerprint density at radius 2 is 1.92 bits per heavy atom. The number of carbonyl (C=O) groups is 2. The Balaban J connectivity index is 4.20. The van der Waals surface area contributed by atoms with E-state index in [0.717, 1.165) is 0 Å². The monoisotopic (exact) mass is 181 g/mol. The zero-order valence-electron chi connectivity index (χ0n) is 8.39. The van der Waals surface area contributed by atoms with E-state index in [1.165, 1.54) is 6.92 Å². The summed E-state index contributed by atoms with van der Waals surface area (Å²) in [7, 11) is 0. The molecule has 13 heavy (non-hydrogen) atoms. The van der Waals surface area contributed by atoms with Crippen LogP contribution in [-0.4, -0.2) is 11.6 Å². The van der Waals surface area contributed by atoms with Gasteiger partial charge >= 0.3 is 0 Å². The van der Waals surface area contributed by atoms with Crippen molar-refractivity contribution < 1.29 is 9.59 Å². The predicted molar refractivity (Wildman–Crippen MR) is 48.9 cm³/mol. The summed E-state index contributed by atoms with van der Waals surface area (Å²) < 4.78 is 0. The molecule has 0 heterocycles. The summed E-state index contributed by atoms with van der Waals surface area (Å²) in [5.41, 5.74) is -0.540. The highest BCUT2D eigenvalue weighted by Crippen LogP contribution is 2.24. The minimum absolute atomic E-state index is 0.0154. The molecule has 0 atom stereocenters. The fraction of sp³-hybridized carbons (Fsp3) is 0.700. The summed E-state index contributed by atoms with van der Waals surface area (Å²) in [4.78, 5) is 22.1. The Morgan fingerprint density at radius 1 is 1.38 bits per heavy atom. The number of nitriles is 1. The van der Waals surface area contributed by atoms with Crippen LogP contribution in [0.4, 0.5) is 0 Å². The lowest BCUT2D eigenvalue weighted by Gasteiger charge is -2.20. The second kappa shape index (κ2) is 4.76. The van der Waals surface area contributed by atoms with Gasteiger partial charge in [-0.2, -0.15) is 5.26 Å². The Morgan fingerprint density at radius 3 is 2.31 bits per heavy atom. The van der Waals surface area contributed by atoms with E-state index < -0.39 is 5.41 Å². The molecule has 72 valence electrons. The number of ketones is 2. The van der Waals surface area contributed by atoms with Crippen LogP contribution in [0, 0.1) is 16.7 Å². The van der Waals surface area contributed by atoms with Crippen LogP contribution in [0.3, 0.4) is 0 Å². The van der Waals surface area contributed by atoms with E-state index in [0.29, 0.717) is 12.8 Å². The van der Waals surface area contributed by atoms with Gasteiger partial charge in [-0.15, -0.1) is 0 Å². The topological polar surface area (TPSA) is 57.9 Å². The molecule has 0 aromatic rings. The van der Waals surface area contributed by atoms with Crippen LogP contribution in [0.2, 0.25) is 0 Å². The molecule has 0 aromatic heterocycles. The highest BCUT2D eigenvalue weighted by atomic mass is 16.1. The zero-order valence-corrected chi connectivity index (χ0v) is 8.39. The first-order chi connectivity index (χ1) is 5.90. The van der Waals surface area contributed by atoms with Crippen LogP contribution in [0.25, 0.3) is 0 Å². The van der Waals surface area contributed by atoms with E-state index in [4.69, 9.17) is 5.26 Å². The molecule has 0 aliphatic rings. The molecule has 0 bridgehead atoms. The summed E-state index contributed by atoms with van der Waals surface area (Å²) in [5, 5.41) is 8.37. The molecule has 0 fully saturated rings. The smallest absolute Gasteiger partial charge is 0.145 e. The van der Waals surface area contributed by atoms with Gasteiger partial charge in [0.2, 0.25) is 0 Å². The van der Waals surface area contributed by atoms with Crippen LogP contribution >= 0.6 is 0 Å². The third kappa shape index (κ3) is 4.41. The van der Waals surface area contributed by atoms with Crippen LogP contribution < -0.4 is 0 Å². The van der Waals surface area contributed by atoms with Crippen molar-refractivity contribution in [3.8, 4) is 6.07 Å². The van der Waals surface area contributed by atoms with Gasteiger partial charge in [0, 0.05) is 11.8 Å². The van der Waals surface area contributed by atoms with Gasteiger partial charge < -0.3 is 0 Å². The van der Waals surface area contributed by atoms with Crippen LogP contribution in [0.1, 0.15) is 40.0 Å². The van der Waals surface area contributed by atoms with Crippen LogP contribution in [-0.2, 0) is 9.59 Å². The van der Waals surface area contributed by atoms with Gasteiger partial charge in [0.1, 0.15) is 11.6 Å². The Kier molecular flexibility index (Phi) is 4.33. The van der Waals surface area contributed by atoms with Gasteiger partial charge in [-0.25, -0.2) is 0 Å². The lowest BCUT2D eigenvalue weighted by atomic mass is 9.81. The molecule has 0 aliphatic carbocycles. The molecule has 0 N–H and O–H groups in total. The molecule has 0 aliphatic heterocycles. The van der Waals surface area contributed by atoms with Crippen molar-refractivity contribution in [2.24, 2.45) is 5.41 Å². The highest BCUT2D eigenvalue weighted by Gasteiger charge is 2.27. The maximum atomic E-state index is 11.5. The lowest BCUT2D eigenvalue weighted by molar-refractivity contribution is -0.131. The minimum Gasteiger partial charge on any atom is -0.300 e. The highest BCUT2D eigenvalue weighted by molar-refractivity contribution is 6.00. The summed E-state index contributed by atoms with van der Waals surface area (Å²) in [6.45, 7) is 4.95. The van der Waals surface area contributed by atoms with Crippen molar-refractivity contribution in [3.63, 3.8) is 0 Å². The van der Waals surface area contributed by atoms with E-state index >= 15 is 0 Å². The molecule has 3 heteroatoms. The van der Waals surface area contributed by atoms with E-state index in [2.05, 4.69) is 0 Å². The molecule has 0 radical (unpaired) electrons. The fourth-order valence-electron chi connectivity index (χ4n) is 0.973. The van der Waals surface area contributed by atoms with E-state index in [9.17, 15) is 9.59 Å². The van der Waals surface area contributed by atoms with Crippen molar-refractivity contribution in [3.05, 3.63) is 0 Å². The number of hydrogen-bond donors (Lipinski definition) is 0. The Bertz CT molecular complexity index is 248. The first kappa shape index (κ1) is 11.8. The molecule has 0 saturated carbocycles. The number of hydrogen-bond acceptors (Lipinski definition) is 3. The molecule has 0 unspecified atom stereocenters. The van der Waals surface area contributed by atoms with Crippen molar-refractivity contribution >= 4 is 11.6 Å². The zero-order chi connectivity index (χ0) is 10.5. The Hall–Kier alpha value is -1.17. The predicted octanol–water partition coefficient (Wildman–Crippen LogP) is 1.86. The maximum absolute atomic E-state index is 11.5. The summed E-state index contributed by atoms with van der Waals surface area (Å²) in [6, 6.07) is 1.99. The number of nitrogens with zero attached hydrogens (tertiary/aromatic N) is 1. The quantitative estimate of drug-likeness (QED) is 0.608. The average Bonchev–Trinajstić information content (AvgIpc) is 1.99. The molecule has 0 amide bonds. The SMILES string of the molecule is CC(=O)CC(=O)C(C)(C)CCC#N. The summed E-state index contributed by atoms with van der Waals surface area (Å²) in [5.74, 6) is -0.190. The third-order valence-corrected chi connectivity index (χ3v) is 2.03. The van der Waals surface area contributed by atoms with Crippen LogP contribution in [0.15, 0.2) is 0 Å². The third-order valence-electron chi connectivity index (χ3n) is 2.03. The van der Waals surface area contributed by atoms with E-state index in [1.54, 1.807) is 13.8 Å². The molecule has 0 aromatic carbocycles. The molecular formula is C10H15NO2. The van der Waals surface area contributed by atoms with Crippen molar-refractivity contribution in [1.29, 1.82) is 5.26 Å². The second-order valence-electron chi connectivity index (χ2n) is 3.84. The van der Waals surface area contributed by atoms with Gasteiger partial charge in [0.05, 0.1) is 12.5 Å². The maximum Gasteiger partial charge on any atom is 0.145 e. The van der Waals surface area contributed by atoms with E-state index in [1.807, 2.05) is 6.07 Å². The average molecular weight is 181 g/mol. The van der Waals surface area contributed by atoms with Crippen molar-refractivity contribution in [2.75, 3.05) is 0 Å². The number of carbonyl (C=O) groups excluding carboxylic acids is 2. The Labute approximate surface area is 78.7 Å². The van der Waals surface area contributed by atoms with Crippen molar-refractivity contribution in [2.45, 2.75) is 40.0 Å². The van der Waals surface area contributed by atoms with Crippen molar-refractivity contribution in [1.82, 2.24) is 0 Å². The van der Waals surface area contributed by atoms with Gasteiger partial charge in [-0.05, 0) is 13.3 Å². The fourth-order valence-corrected chi connectivity index (χ4v) is 0.973. The molecule has 3 nitrogen and oxygen atoms in total. The molecule has 0 saturated heterocycles. The molecule has 0 rings (SSSR count). The summed E-state index contributed by atoms with van der Waals surface area (Å²) in [6.07, 6.45) is 0.866. The van der Waals surface area contributed by atoms with E-state index in [-0.39, 0.29) is 18.0 Å². The van der Waals surface area contributed by atoms with Gasteiger partial charge in [0.25, 0.3) is 0 Å². The summed E-state index contributed by atoms with van der Waals surface area (Å²) >= 11 is 0. The minimum atomic E-state index is -0.540. The number of rotatable bonds is 5. The first-order valence-corrected chi connectivity index (χ1v) is 4.30. The van der Waals surface area contributed by atoms with Gasteiger partial charge in [-0.3, -0.25) is 9.59 Å². The van der Waals surface area contributed by atoms with Crippen LogP contribution in [0.5, 0.6) is 0 Å². The number of Topliss-reactive ketones (excluding diaryl/α,β-unsaturated/α-hetero) is 2.